The van der Waals surface area contributed by atoms with Gasteiger partial charge >= 0.3 is 0 Å². The van der Waals surface area contributed by atoms with Gasteiger partial charge in [0.15, 0.2) is 5.76 Å². The van der Waals surface area contributed by atoms with Gasteiger partial charge in [-0.25, -0.2) is 4.98 Å². The number of rotatable bonds is 7. The maximum atomic E-state index is 12.5. The maximum Gasteiger partial charge on any atom is 0.257 e. The van der Waals surface area contributed by atoms with Gasteiger partial charge in [0.2, 0.25) is 11.8 Å². The third-order valence-electron chi connectivity index (χ3n) is 4.48. The van der Waals surface area contributed by atoms with Gasteiger partial charge in [0.1, 0.15) is 5.69 Å². The van der Waals surface area contributed by atoms with Crippen LogP contribution in [0, 0.1) is 0 Å². The molecule has 2 N–H and O–H groups in total. The largest absolute Gasteiger partial charge is 0.431 e. The molecule has 4 rings (SSSR count). The van der Waals surface area contributed by atoms with E-state index in [-0.39, 0.29) is 17.6 Å². The van der Waals surface area contributed by atoms with Gasteiger partial charge in [-0.1, -0.05) is 78.5 Å². The maximum absolute atomic E-state index is 12.5. The number of nitrogens with one attached hydrogen (secondary N) is 2. The number of benzene rings is 3. The summed E-state index contributed by atoms with van der Waals surface area (Å²) in [7, 11) is 0. The van der Waals surface area contributed by atoms with Crippen LogP contribution < -0.4 is 10.6 Å². The molecular formula is C25H21N3O3S. The fourth-order valence-electron chi connectivity index (χ4n) is 3.14. The van der Waals surface area contributed by atoms with Crippen LogP contribution in [-0.2, 0) is 9.59 Å². The molecule has 0 aliphatic rings. The van der Waals surface area contributed by atoms with Crippen molar-refractivity contribution in [3.05, 3.63) is 84.9 Å². The second kappa shape index (κ2) is 9.98. The summed E-state index contributed by atoms with van der Waals surface area (Å²) in [4.78, 5) is 28.3. The van der Waals surface area contributed by atoms with E-state index in [4.69, 9.17) is 4.42 Å². The van der Waals surface area contributed by atoms with E-state index in [1.165, 1.54) is 18.7 Å². The highest BCUT2D eigenvalue weighted by Gasteiger charge is 2.18. The number of amides is 2. The summed E-state index contributed by atoms with van der Waals surface area (Å²) >= 11 is 1.23. The number of aromatic nitrogens is 1. The number of carbonyl (C=O) groups excluding carboxylic acids is 2. The minimum Gasteiger partial charge on any atom is -0.431 e. The molecule has 7 heteroatoms. The number of oxazole rings is 1. The summed E-state index contributed by atoms with van der Waals surface area (Å²) in [6.45, 7) is 1.44. The molecular weight excluding hydrogens is 422 g/mol. The minimum atomic E-state index is -0.198. The van der Waals surface area contributed by atoms with E-state index >= 15 is 0 Å². The minimum absolute atomic E-state index is 0.132. The lowest BCUT2D eigenvalue weighted by atomic mass is 10.1. The van der Waals surface area contributed by atoms with Crippen LogP contribution in [0.15, 0.2) is 94.6 Å². The molecule has 0 aliphatic carbocycles. The van der Waals surface area contributed by atoms with Gasteiger partial charge in [-0.05, 0) is 18.2 Å². The topological polar surface area (TPSA) is 84.2 Å². The molecule has 0 spiro atoms. The summed E-state index contributed by atoms with van der Waals surface area (Å²) in [6, 6.07) is 26.6. The van der Waals surface area contributed by atoms with E-state index in [0.29, 0.717) is 22.4 Å². The first-order chi connectivity index (χ1) is 15.6. The van der Waals surface area contributed by atoms with Crippen molar-refractivity contribution in [2.45, 2.75) is 12.1 Å². The Morgan fingerprint density at radius 1 is 0.844 bits per heavy atom. The predicted molar refractivity (Wildman–Crippen MR) is 127 cm³/mol. The Hall–Kier alpha value is -3.84. The molecule has 160 valence electrons. The van der Waals surface area contributed by atoms with Gasteiger partial charge in [0, 0.05) is 29.4 Å². The van der Waals surface area contributed by atoms with Gasteiger partial charge in [-0.2, -0.15) is 0 Å². The average Bonchev–Trinajstić information content (AvgIpc) is 3.23. The van der Waals surface area contributed by atoms with Crippen molar-refractivity contribution in [3.63, 3.8) is 0 Å². The molecule has 0 radical (unpaired) electrons. The van der Waals surface area contributed by atoms with E-state index in [1.807, 2.05) is 60.7 Å². The molecule has 1 aromatic heterocycles. The van der Waals surface area contributed by atoms with E-state index in [2.05, 4.69) is 15.6 Å². The molecule has 1 heterocycles. The van der Waals surface area contributed by atoms with Crippen molar-refractivity contribution in [1.29, 1.82) is 0 Å². The van der Waals surface area contributed by atoms with E-state index in [9.17, 15) is 9.59 Å². The highest BCUT2D eigenvalue weighted by molar-refractivity contribution is 7.99. The van der Waals surface area contributed by atoms with Crippen molar-refractivity contribution in [3.8, 4) is 22.6 Å². The van der Waals surface area contributed by atoms with Crippen LogP contribution >= 0.6 is 11.8 Å². The Bertz CT molecular complexity index is 1170. The lowest BCUT2D eigenvalue weighted by Crippen LogP contribution is -2.14. The average molecular weight is 444 g/mol. The highest BCUT2D eigenvalue weighted by atomic mass is 32.2. The smallest absolute Gasteiger partial charge is 0.257 e. The van der Waals surface area contributed by atoms with Crippen molar-refractivity contribution < 1.29 is 14.0 Å². The molecule has 0 bridgehead atoms. The Labute approximate surface area is 190 Å². The van der Waals surface area contributed by atoms with E-state index in [0.717, 1.165) is 16.8 Å². The van der Waals surface area contributed by atoms with E-state index in [1.54, 1.807) is 24.3 Å². The lowest BCUT2D eigenvalue weighted by Gasteiger charge is -2.07. The standard InChI is InChI=1S/C25H21N3O3S/c1-17(29)26-20-13-8-14-21(15-20)27-22(30)16-32-25-28-23(18-9-4-2-5-10-18)24(31-25)19-11-6-3-7-12-19/h2-15H,16H2,1H3,(H,26,29)(H,27,30). The Kier molecular flexibility index (Phi) is 6.67. The molecule has 0 saturated heterocycles. The molecule has 0 aliphatic heterocycles. The summed E-state index contributed by atoms with van der Waals surface area (Å²) in [6.07, 6.45) is 0. The first-order valence-electron chi connectivity index (χ1n) is 10.0. The summed E-state index contributed by atoms with van der Waals surface area (Å²) in [5.74, 6) is 0.433. The fourth-order valence-corrected chi connectivity index (χ4v) is 3.77. The molecule has 0 fully saturated rings. The van der Waals surface area contributed by atoms with Crippen LogP contribution in [0.25, 0.3) is 22.6 Å². The number of hydrogen-bond donors (Lipinski definition) is 2. The van der Waals surface area contributed by atoms with Crippen molar-refractivity contribution >= 4 is 35.0 Å². The van der Waals surface area contributed by atoms with Crippen molar-refractivity contribution in [2.24, 2.45) is 0 Å². The van der Waals surface area contributed by atoms with Crippen molar-refractivity contribution in [2.75, 3.05) is 16.4 Å². The Morgan fingerprint density at radius 2 is 1.47 bits per heavy atom. The third kappa shape index (κ3) is 5.44. The predicted octanol–water partition coefficient (Wildman–Crippen LogP) is 5.70. The summed E-state index contributed by atoms with van der Waals surface area (Å²) in [5, 5.41) is 5.95. The zero-order valence-electron chi connectivity index (χ0n) is 17.4. The van der Waals surface area contributed by atoms with Gasteiger partial charge in [-0.3, -0.25) is 9.59 Å². The van der Waals surface area contributed by atoms with Gasteiger partial charge in [-0.15, -0.1) is 0 Å². The lowest BCUT2D eigenvalue weighted by molar-refractivity contribution is -0.114. The van der Waals surface area contributed by atoms with Crippen LogP contribution in [0.2, 0.25) is 0 Å². The second-order valence-corrected chi connectivity index (χ2v) is 7.91. The van der Waals surface area contributed by atoms with Crippen molar-refractivity contribution in [1.82, 2.24) is 4.98 Å². The molecule has 0 unspecified atom stereocenters. The van der Waals surface area contributed by atoms with Crippen LogP contribution in [0.1, 0.15) is 6.92 Å². The molecule has 4 aromatic rings. The van der Waals surface area contributed by atoms with Gasteiger partial charge in [0.25, 0.3) is 5.22 Å². The molecule has 32 heavy (non-hydrogen) atoms. The SMILES string of the molecule is CC(=O)Nc1cccc(NC(=O)CSc2nc(-c3ccccc3)c(-c3ccccc3)o2)c1. The van der Waals surface area contributed by atoms with Crippen LogP contribution in [-0.4, -0.2) is 22.6 Å². The zero-order chi connectivity index (χ0) is 22.3. The molecule has 0 saturated carbocycles. The molecule has 6 nitrogen and oxygen atoms in total. The highest BCUT2D eigenvalue weighted by Crippen LogP contribution is 2.35. The normalized spacial score (nSPS) is 10.5. The Balaban J connectivity index is 1.48. The number of carbonyl (C=O) groups is 2. The molecule has 0 atom stereocenters. The quantitative estimate of drug-likeness (QED) is 0.358. The summed E-state index contributed by atoms with van der Waals surface area (Å²) in [5.41, 5.74) is 3.83. The third-order valence-corrected chi connectivity index (χ3v) is 5.31. The monoisotopic (exact) mass is 443 g/mol. The first kappa shape index (κ1) is 21.4. The number of nitrogens with zero attached hydrogens (tertiary/aromatic N) is 1. The number of hydrogen-bond acceptors (Lipinski definition) is 5. The van der Waals surface area contributed by atoms with Gasteiger partial charge in [0.05, 0.1) is 5.75 Å². The van der Waals surface area contributed by atoms with Crippen LogP contribution in [0.4, 0.5) is 11.4 Å². The second-order valence-electron chi connectivity index (χ2n) is 6.99. The van der Waals surface area contributed by atoms with Crippen LogP contribution in [0.5, 0.6) is 0 Å². The number of thioether (sulfide) groups is 1. The van der Waals surface area contributed by atoms with E-state index < -0.39 is 0 Å². The zero-order valence-corrected chi connectivity index (χ0v) is 18.2. The first-order valence-corrected chi connectivity index (χ1v) is 11.0. The molecule has 3 aromatic carbocycles. The fraction of sp³-hybridized carbons (Fsp3) is 0.0800. The summed E-state index contributed by atoms with van der Waals surface area (Å²) < 4.78 is 6.04. The number of anilines is 2. The van der Waals surface area contributed by atoms with Gasteiger partial charge < -0.3 is 15.1 Å². The molecule has 2 amide bonds. The Morgan fingerprint density at radius 3 is 2.12 bits per heavy atom. The van der Waals surface area contributed by atoms with Crippen LogP contribution in [0.3, 0.4) is 0 Å².